The van der Waals surface area contributed by atoms with Gasteiger partial charge >= 0.3 is 0 Å². The van der Waals surface area contributed by atoms with E-state index in [-0.39, 0.29) is 11.9 Å². The number of hydrogen-bond donors (Lipinski definition) is 1. The third-order valence-electron chi connectivity index (χ3n) is 3.24. The van der Waals surface area contributed by atoms with Gasteiger partial charge in [0.25, 0.3) is 5.91 Å². The van der Waals surface area contributed by atoms with Gasteiger partial charge in [0.2, 0.25) is 5.95 Å². The van der Waals surface area contributed by atoms with Crippen LogP contribution in [0.1, 0.15) is 50.4 Å². The molecule has 0 aliphatic rings. The van der Waals surface area contributed by atoms with Crippen LogP contribution in [-0.2, 0) is 0 Å². The molecule has 1 rings (SSSR count). The summed E-state index contributed by atoms with van der Waals surface area (Å²) in [5, 5.41) is 2.93. The Balaban J connectivity index is 2.63. The molecule has 2 atom stereocenters. The Morgan fingerprint density at radius 1 is 1.50 bits per heavy atom. The predicted molar refractivity (Wildman–Crippen MR) is 69.8 cm³/mol. The van der Waals surface area contributed by atoms with Crippen LogP contribution in [0.4, 0.5) is 4.39 Å². The van der Waals surface area contributed by atoms with Gasteiger partial charge in [-0.2, -0.15) is 4.39 Å². The van der Waals surface area contributed by atoms with Crippen molar-refractivity contribution in [1.29, 1.82) is 0 Å². The molecular formula is C14H21FN2O. The van der Waals surface area contributed by atoms with Crippen LogP contribution in [-0.4, -0.2) is 16.9 Å². The maximum Gasteiger partial charge on any atom is 0.251 e. The van der Waals surface area contributed by atoms with E-state index in [4.69, 9.17) is 0 Å². The molecule has 0 aromatic carbocycles. The smallest absolute Gasteiger partial charge is 0.251 e. The number of hydrogen-bond acceptors (Lipinski definition) is 2. The van der Waals surface area contributed by atoms with Gasteiger partial charge in [-0.3, -0.25) is 4.79 Å². The Bertz CT molecular complexity index is 395. The molecule has 0 bridgehead atoms. The molecule has 1 amide bonds. The van der Waals surface area contributed by atoms with Crippen LogP contribution in [0.2, 0.25) is 0 Å². The Labute approximate surface area is 108 Å². The van der Waals surface area contributed by atoms with Gasteiger partial charge in [-0.15, -0.1) is 0 Å². The molecule has 1 aromatic rings. The molecule has 0 aliphatic heterocycles. The lowest BCUT2D eigenvalue weighted by Crippen LogP contribution is -2.38. The molecule has 1 N–H and O–H groups in total. The van der Waals surface area contributed by atoms with E-state index in [0.29, 0.717) is 11.5 Å². The highest BCUT2D eigenvalue weighted by molar-refractivity contribution is 5.94. The minimum atomic E-state index is -0.629. The van der Waals surface area contributed by atoms with Crippen molar-refractivity contribution in [3.8, 4) is 0 Å². The van der Waals surface area contributed by atoms with Gasteiger partial charge in [-0.1, -0.05) is 26.7 Å². The van der Waals surface area contributed by atoms with Crippen LogP contribution < -0.4 is 5.32 Å². The van der Waals surface area contributed by atoms with Crippen molar-refractivity contribution in [2.75, 3.05) is 0 Å². The summed E-state index contributed by atoms with van der Waals surface area (Å²) in [6.07, 6.45) is 4.52. The Kier molecular flexibility index (Phi) is 5.75. The van der Waals surface area contributed by atoms with E-state index in [2.05, 4.69) is 24.1 Å². The molecule has 0 aliphatic carbocycles. The van der Waals surface area contributed by atoms with E-state index in [0.717, 1.165) is 25.3 Å². The number of rotatable bonds is 6. The topological polar surface area (TPSA) is 42.0 Å². The Morgan fingerprint density at radius 2 is 2.22 bits per heavy atom. The number of carbonyl (C=O) groups is 1. The molecule has 0 radical (unpaired) electrons. The molecule has 0 saturated carbocycles. The number of carbonyl (C=O) groups excluding carboxylic acids is 1. The van der Waals surface area contributed by atoms with E-state index in [9.17, 15) is 9.18 Å². The summed E-state index contributed by atoms with van der Waals surface area (Å²) in [6, 6.07) is 2.77. The summed E-state index contributed by atoms with van der Waals surface area (Å²) < 4.78 is 12.9. The second-order valence-electron chi connectivity index (χ2n) is 4.59. The van der Waals surface area contributed by atoms with Crippen LogP contribution in [0.25, 0.3) is 0 Å². The van der Waals surface area contributed by atoms with Crippen molar-refractivity contribution in [3.05, 3.63) is 29.8 Å². The van der Waals surface area contributed by atoms with Gasteiger partial charge in [-0.25, -0.2) is 4.98 Å². The van der Waals surface area contributed by atoms with Crippen molar-refractivity contribution >= 4 is 5.91 Å². The lowest BCUT2D eigenvalue weighted by molar-refractivity contribution is 0.0923. The third-order valence-corrected chi connectivity index (χ3v) is 3.24. The third kappa shape index (κ3) is 4.09. The minimum absolute atomic E-state index is 0.0960. The monoisotopic (exact) mass is 252 g/mol. The number of nitrogens with one attached hydrogen (secondary N) is 1. The molecular weight excluding hydrogens is 231 g/mol. The summed E-state index contributed by atoms with van der Waals surface area (Å²) in [5.74, 6) is -0.403. The SMILES string of the molecule is CCCC(CC)[C@H](C)NC(=O)c1ccnc(F)c1. The molecule has 1 unspecified atom stereocenters. The van der Waals surface area contributed by atoms with Gasteiger partial charge in [0.1, 0.15) is 0 Å². The van der Waals surface area contributed by atoms with Gasteiger partial charge < -0.3 is 5.32 Å². The van der Waals surface area contributed by atoms with Gasteiger partial charge in [0.05, 0.1) is 0 Å². The summed E-state index contributed by atoms with van der Waals surface area (Å²) >= 11 is 0. The van der Waals surface area contributed by atoms with Crippen LogP contribution in [0.3, 0.4) is 0 Å². The fourth-order valence-corrected chi connectivity index (χ4v) is 2.13. The summed E-state index contributed by atoms with van der Waals surface area (Å²) in [6.45, 7) is 6.25. The first kappa shape index (κ1) is 14.6. The molecule has 18 heavy (non-hydrogen) atoms. The normalized spacial score (nSPS) is 14.0. The van der Waals surface area contributed by atoms with Crippen molar-refractivity contribution < 1.29 is 9.18 Å². The fourth-order valence-electron chi connectivity index (χ4n) is 2.13. The lowest BCUT2D eigenvalue weighted by atomic mass is 9.93. The zero-order valence-corrected chi connectivity index (χ0v) is 11.2. The molecule has 1 heterocycles. The van der Waals surface area contributed by atoms with Gasteiger partial charge in [0.15, 0.2) is 0 Å². The number of amides is 1. The first-order chi connectivity index (χ1) is 8.58. The second-order valence-corrected chi connectivity index (χ2v) is 4.59. The highest BCUT2D eigenvalue weighted by Gasteiger charge is 2.17. The standard InChI is InChI=1S/C14H21FN2O/c1-4-6-11(5-2)10(3)17-14(18)12-7-8-16-13(15)9-12/h7-11H,4-6H2,1-3H3,(H,17,18)/t10-,11?/m0/s1. The maximum absolute atomic E-state index is 12.9. The minimum Gasteiger partial charge on any atom is -0.349 e. The van der Waals surface area contributed by atoms with Crippen LogP contribution in [0, 0.1) is 11.9 Å². The summed E-state index contributed by atoms with van der Waals surface area (Å²) in [5.41, 5.74) is 0.320. The van der Waals surface area contributed by atoms with E-state index in [1.54, 1.807) is 0 Å². The van der Waals surface area contributed by atoms with Crippen molar-refractivity contribution in [2.24, 2.45) is 5.92 Å². The van der Waals surface area contributed by atoms with Gasteiger partial charge in [-0.05, 0) is 25.3 Å². The second kappa shape index (κ2) is 7.09. The molecule has 3 nitrogen and oxygen atoms in total. The highest BCUT2D eigenvalue weighted by atomic mass is 19.1. The van der Waals surface area contributed by atoms with Crippen LogP contribution in [0.5, 0.6) is 0 Å². The number of pyridine rings is 1. The summed E-state index contributed by atoms with van der Waals surface area (Å²) in [4.78, 5) is 15.4. The van der Waals surface area contributed by atoms with E-state index < -0.39 is 5.95 Å². The number of halogens is 1. The zero-order valence-electron chi connectivity index (χ0n) is 11.2. The van der Waals surface area contributed by atoms with Crippen LogP contribution in [0.15, 0.2) is 18.3 Å². The Hall–Kier alpha value is -1.45. The fraction of sp³-hybridized carbons (Fsp3) is 0.571. The first-order valence-corrected chi connectivity index (χ1v) is 6.50. The molecule has 0 spiro atoms. The van der Waals surface area contributed by atoms with Crippen LogP contribution >= 0.6 is 0 Å². The van der Waals surface area contributed by atoms with E-state index in [1.807, 2.05) is 6.92 Å². The van der Waals surface area contributed by atoms with E-state index >= 15 is 0 Å². The summed E-state index contributed by atoms with van der Waals surface area (Å²) in [7, 11) is 0. The first-order valence-electron chi connectivity index (χ1n) is 6.50. The maximum atomic E-state index is 12.9. The number of aromatic nitrogens is 1. The molecule has 100 valence electrons. The molecule has 4 heteroatoms. The van der Waals surface area contributed by atoms with Crippen molar-refractivity contribution in [3.63, 3.8) is 0 Å². The number of nitrogens with zero attached hydrogens (tertiary/aromatic N) is 1. The van der Waals surface area contributed by atoms with E-state index in [1.165, 1.54) is 12.3 Å². The van der Waals surface area contributed by atoms with Gasteiger partial charge in [0, 0.05) is 23.9 Å². The van der Waals surface area contributed by atoms with Crippen molar-refractivity contribution in [2.45, 2.75) is 46.1 Å². The average molecular weight is 252 g/mol. The quantitative estimate of drug-likeness (QED) is 0.790. The zero-order chi connectivity index (χ0) is 13.5. The highest BCUT2D eigenvalue weighted by Crippen LogP contribution is 2.15. The molecule has 0 fully saturated rings. The Morgan fingerprint density at radius 3 is 2.78 bits per heavy atom. The lowest BCUT2D eigenvalue weighted by Gasteiger charge is -2.23. The van der Waals surface area contributed by atoms with Crippen molar-refractivity contribution in [1.82, 2.24) is 10.3 Å². The largest absolute Gasteiger partial charge is 0.349 e. The average Bonchev–Trinajstić information content (AvgIpc) is 2.35. The molecule has 1 aromatic heterocycles. The predicted octanol–water partition coefficient (Wildman–Crippen LogP) is 3.17. The molecule has 0 saturated heterocycles.